The summed E-state index contributed by atoms with van der Waals surface area (Å²) in [4.78, 5) is 4.06. The topological polar surface area (TPSA) is 69.4 Å². The number of rotatable bonds is 3. The first kappa shape index (κ1) is 11.4. The zero-order valence-electron chi connectivity index (χ0n) is 8.31. The Morgan fingerprint density at radius 2 is 2.25 bits per heavy atom. The number of benzene rings is 1. The maximum absolute atomic E-state index is 11.1. The lowest BCUT2D eigenvalue weighted by Gasteiger charge is -1.93. The molecule has 16 heavy (non-hydrogen) atoms. The van der Waals surface area contributed by atoms with E-state index in [1.807, 2.05) is 0 Å². The van der Waals surface area contributed by atoms with E-state index in [0.29, 0.717) is 17.0 Å². The van der Waals surface area contributed by atoms with Crippen LogP contribution >= 0.6 is 10.7 Å². The average molecular weight is 262 g/mol. The number of aromatic nitrogens is 1. The fourth-order valence-electron chi connectivity index (χ4n) is 1.29. The monoisotopic (exact) mass is 261 g/mol. The standard InChI is InChI=1S/C9H8ClNO4S/c1-14-5-9-11-7-4-6(16(10,12)13)2-3-8(7)15-9/h2-4H,5H2,1H3. The summed E-state index contributed by atoms with van der Waals surface area (Å²) in [5.74, 6) is 0.390. The number of methoxy groups -OCH3 is 1. The van der Waals surface area contributed by atoms with Crippen LogP contribution < -0.4 is 0 Å². The first-order valence-corrected chi connectivity index (χ1v) is 6.65. The van der Waals surface area contributed by atoms with E-state index in [0.717, 1.165) is 0 Å². The van der Waals surface area contributed by atoms with E-state index < -0.39 is 9.05 Å². The fourth-order valence-corrected chi connectivity index (χ4v) is 2.06. The second kappa shape index (κ2) is 4.04. The van der Waals surface area contributed by atoms with Crippen LogP contribution in [0.1, 0.15) is 5.89 Å². The Balaban J connectivity index is 2.54. The van der Waals surface area contributed by atoms with Gasteiger partial charge in [-0.15, -0.1) is 0 Å². The van der Waals surface area contributed by atoms with Crippen molar-refractivity contribution in [2.24, 2.45) is 0 Å². The first-order chi connectivity index (χ1) is 7.50. The van der Waals surface area contributed by atoms with Gasteiger partial charge in [-0.25, -0.2) is 13.4 Å². The number of halogens is 1. The van der Waals surface area contributed by atoms with Crippen molar-refractivity contribution in [1.82, 2.24) is 4.98 Å². The third-order valence-corrected chi connectivity index (χ3v) is 3.30. The van der Waals surface area contributed by atoms with Crippen LogP contribution in [0.25, 0.3) is 11.1 Å². The van der Waals surface area contributed by atoms with Crippen LogP contribution in [0.5, 0.6) is 0 Å². The molecule has 0 unspecified atom stereocenters. The van der Waals surface area contributed by atoms with Crippen LogP contribution in [-0.4, -0.2) is 20.5 Å². The molecule has 0 radical (unpaired) electrons. The highest BCUT2D eigenvalue weighted by molar-refractivity contribution is 8.13. The van der Waals surface area contributed by atoms with Crippen LogP contribution in [0.15, 0.2) is 27.5 Å². The maximum Gasteiger partial charge on any atom is 0.261 e. The molecule has 0 aliphatic carbocycles. The SMILES string of the molecule is COCc1nc2cc(S(=O)(=O)Cl)ccc2o1. The molecule has 1 heterocycles. The molecule has 7 heteroatoms. The minimum absolute atomic E-state index is 0.000987. The van der Waals surface area contributed by atoms with Gasteiger partial charge in [-0.05, 0) is 18.2 Å². The highest BCUT2D eigenvalue weighted by atomic mass is 35.7. The molecule has 2 rings (SSSR count). The largest absolute Gasteiger partial charge is 0.438 e. The minimum atomic E-state index is -3.74. The third-order valence-electron chi connectivity index (χ3n) is 1.95. The zero-order chi connectivity index (χ0) is 11.8. The highest BCUT2D eigenvalue weighted by Gasteiger charge is 2.13. The van der Waals surface area contributed by atoms with Gasteiger partial charge in [0.25, 0.3) is 9.05 Å². The summed E-state index contributed by atoms with van der Waals surface area (Å²) < 4.78 is 32.3. The van der Waals surface area contributed by atoms with Crippen LogP contribution in [-0.2, 0) is 20.4 Å². The van der Waals surface area contributed by atoms with Gasteiger partial charge in [0.05, 0.1) is 4.90 Å². The number of ether oxygens (including phenoxy) is 1. The van der Waals surface area contributed by atoms with E-state index in [1.165, 1.54) is 25.3 Å². The van der Waals surface area contributed by atoms with Gasteiger partial charge in [0.15, 0.2) is 5.58 Å². The maximum atomic E-state index is 11.1. The molecule has 0 aliphatic rings. The van der Waals surface area contributed by atoms with Gasteiger partial charge in [-0.3, -0.25) is 0 Å². The predicted octanol–water partition coefficient (Wildman–Crippen LogP) is 1.90. The second-order valence-electron chi connectivity index (χ2n) is 3.11. The first-order valence-electron chi connectivity index (χ1n) is 4.34. The normalized spacial score (nSPS) is 12.1. The number of oxazole rings is 1. The lowest BCUT2D eigenvalue weighted by Crippen LogP contribution is -1.89. The summed E-state index contributed by atoms with van der Waals surface area (Å²) in [6.45, 7) is 0.234. The van der Waals surface area contributed by atoms with E-state index in [-0.39, 0.29) is 11.5 Å². The van der Waals surface area contributed by atoms with Gasteiger partial charge in [0, 0.05) is 17.8 Å². The van der Waals surface area contributed by atoms with Crippen LogP contribution in [0.4, 0.5) is 0 Å². The smallest absolute Gasteiger partial charge is 0.261 e. The van der Waals surface area contributed by atoms with Gasteiger partial charge in [0.1, 0.15) is 12.1 Å². The van der Waals surface area contributed by atoms with Crippen molar-refractivity contribution >= 4 is 30.8 Å². The molecule has 5 nitrogen and oxygen atoms in total. The Hall–Kier alpha value is -1.11. The summed E-state index contributed by atoms with van der Waals surface area (Å²) in [5, 5.41) is 0. The molecule has 0 N–H and O–H groups in total. The minimum Gasteiger partial charge on any atom is -0.438 e. The van der Waals surface area contributed by atoms with E-state index in [1.54, 1.807) is 0 Å². The molecular formula is C9H8ClNO4S. The Morgan fingerprint density at radius 1 is 1.50 bits per heavy atom. The van der Waals surface area contributed by atoms with E-state index in [9.17, 15) is 8.42 Å². The van der Waals surface area contributed by atoms with Gasteiger partial charge in [0.2, 0.25) is 5.89 Å². The number of fused-ring (bicyclic) bond motifs is 1. The van der Waals surface area contributed by atoms with Crippen molar-refractivity contribution in [3.05, 3.63) is 24.1 Å². The van der Waals surface area contributed by atoms with E-state index in [4.69, 9.17) is 19.8 Å². The van der Waals surface area contributed by atoms with Crippen LogP contribution in [0, 0.1) is 0 Å². The van der Waals surface area contributed by atoms with Crippen LogP contribution in [0.3, 0.4) is 0 Å². The molecule has 0 spiro atoms. The Labute approximate surface area is 96.4 Å². The van der Waals surface area contributed by atoms with E-state index in [2.05, 4.69) is 4.98 Å². The number of hydrogen-bond donors (Lipinski definition) is 0. The molecule has 2 aromatic rings. The van der Waals surface area contributed by atoms with Gasteiger partial charge in [-0.2, -0.15) is 0 Å². The average Bonchev–Trinajstić information content (AvgIpc) is 2.57. The van der Waals surface area contributed by atoms with Crippen molar-refractivity contribution in [2.45, 2.75) is 11.5 Å². The predicted molar refractivity (Wildman–Crippen MR) is 57.8 cm³/mol. The molecule has 0 saturated heterocycles. The zero-order valence-corrected chi connectivity index (χ0v) is 9.88. The molecule has 0 atom stereocenters. The quantitative estimate of drug-likeness (QED) is 0.790. The Kier molecular flexibility index (Phi) is 2.88. The molecule has 1 aromatic heterocycles. The molecule has 0 saturated carbocycles. The van der Waals surface area contributed by atoms with E-state index >= 15 is 0 Å². The molecular weight excluding hydrogens is 254 g/mol. The van der Waals surface area contributed by atoms with Crippen molar-refractivity contribution < 1.29 is 17.6 Å². The van der Waals surface area contributed by atoms with Crippen molar-refractivity contribution in [1.29, 1.82) is 0 Å². The summed E-state index contributed by atoms with van der Waals surface area (Å²) >= 11 is 0. The Bertz CT molecular complexity index is 619. The highest BCUT2D eigenvalue weighted by Crippen LogP contribution is 2.22. The molecule has 86 valence electrons. The van der Waals surface area contributed by atoms with Crippen molar-refractivity contribution in [2.75, 3.05) is 7.11 Å². The summed E-state index contributed by atoms with van der Waals surface area (Å²) in [5.41, 5.74) is 0.935. The summed E-state index contributed by atoms with van der Waals surface area (Å²) in [6, 6.07) is 4.24. The lowest BCUT2D eigenvalue weighted by molar-refractivity contribution is 0.161. The van der Waals surface area contributed by atoms with Crippen molar-refractivity contribution in [3.63, 3.8) is 0 Å². The molecule has 0 amide bonds. The number of hydrogen-bond acceptors (Lipinski definition) is 5. The molecule has 0 bridgehead atoms. The molecule has 0 aliphatic heterocycles. The van der Waals surface area contributed by atoms with Crippen molar-refractivity contribution in [3.8, 4) is 0 Å². The van der Waals surface area contributed by atoms with Gasteiger partial charge in [-0.1, -0.05) is 0 Å². The summed E-state index contributed by atoms with van der Waals surface area (Å²) in [6.07, 6.45) is 0. The second-order valence-corrected chi connectivity index (χ2v) is 5.67. The van der Waals surface area contributed by atoms with Crippen LogP contribution in [0.2, 0.25) is 0 Å². The third kappa shape index (κ3) is 2.18. The van der Waals surface area contributed by atoms with Gasteiger partial charge < -0.3 is 9.15 Å². The molecule has 0 fully saturated rings. The molecule has 1 aromatic carbocycles. The number of nitrogens with zero attached hydrogens (tertiary/aromatic N) is 1. The lowest BCUT2D eigenvalue weighted by atomic mass is 10.3. The van der Waals surface area contributed by atoms with Gasteiger partial charge >= 0.3 is 0 Å². The fraction of sp³-hybridized carbons (Fsp3) is 0.222. The summed E-state index contributed by atoms with van der Waals surface area (Å²) in [7, 11) is 3.00. The Morgan fingerprint density at radius 3 is 2.88 bits per heavy atom.